The van der Waals surface area contributed by atoms with Crippen molar-refractivity contribution in [1.29, 1.82) is 0 Å². The molecule has 1 N–H and O–H groups in total. The van der Waals surface area contributed by atoms with Crippen molar-refractivity contribution in [3.8, 4) is 0 Å². The lowest BCUT2D eigenvalue weighted by atomic mass is 9.71. The van der Waals surface area contributed by atoms with Gasteiger partial charge >= 0.3 is 0 Å². The lowest BCUT2D eigenvalue weighted by molar-refractivity contribution is -0.0886. The molecular formula is C16H20ClNO2. The summed E-state index contributed by atoms with van der Waals surface area (Å²) < 4.78 is 0. The van der Waals surface area contributed by atoms with Crippen molar-refractivity contribution >= 4 is 17.5 Å². The fourth-order valence-electron chi connectivity index (χ4n) is 3.53. The summed E-state index contributed by atoms with van der Waals surface area (Å²) in [4.78, 5) is 14.4. The SMILES string of the molecule is O=C(c1ccc(Cl)cc1)N1CC[C@]2(O)CCCC[C@H]2C1. The van der Waals surface area contributed by atoms with Crippen LogP contribution in [0.2, 0.25) is 5.02 Å². The summed E-state index contributed by atoms with van der Waals surface area (Å²) in [5.41, 5.74) is 0.144. The molecule has 0 aromatic heterocycles. The number of hydrogen-bond donors (Lipinski definition) is 1. The highest BCUT2D eigenvalue weighted by Crippen LogP contribution is 2.40. The van der Waals surface area contributed by atoms with Crippen LogP contribution in [-0.2, 0) is 0 Å². The lowest BCUT2D eigenvalue weighted by Crippen LogP contribution is -2.54. The minimum Gasteiger partial charge on any atom is -0.389 e. The van der Waals surface area contributed by atoms with Crippen molar-refractivity contribution < 1.29 is 9.90 Å². The fourth-order valence-corrected chi connectivity index (χ4v) is 3.66. The Bertz CT molecular complexity index is 502. The van der Waals surface area contributed by atoms with E-state index in [9.17, 15) is 9.90 Å². The number of fused-ring (bicyclic) bond motifs is 1. The van der Waals surface area contributed by atoms with Crippen molar-refractivity contribution in [1.82, 2.24) is 4.90 Å². The maximum atomic E-state index is 12.5. The summed E-state index contributed by atoms with van der Waals surface area (Å²) in [6.07, 6.45) is 4.90. The molecular weight excluding hydrogens is 274 g/mol. The number of nitrogens with zero attached hydrogens (tertiary/aromatic N) is 1. The Morgan fingerprint density at radius 2 is 2.00 bits per heavy atom. The van der Waals surface area contributed by atoms with Gasteiger partial charge in [-0.15, -0.1) is 0 Å². The number of amides is 1. The van der Waals surface area contributed by atoms with E-state index < -0.39 is 5.60 Å². The minimum absolute atomic E-state index is 0.0503. The number of hydrogen-bond acceptors (Lipinski definition) is 2. The predicted molar refractivity (Wildman–Crippen MR) is 78.9 cm³/mol. The zero-order valence-corrected chi connectivity index (χ0v) is 12.3. The fraction of sp³-hybridized carbons (Fsp3) is 0.562. The van der Waals surface area contributed by atoms with Crippen LogP contribution in [0.25, 0.3) is 0 Å². The first-order valence-electron chi connectivity index (χ1n) is 7.36. The highest BCUT2D eigenvalue weighted by molar-refractivity contribution is 6.30. The molecule has 0 radical (unpaired) electrons. The number of carbonyl (C=O) groups is 1. The molecule has 3 rings (SSSR count). The highest BCUT2D eigenvalue weighted by atomic mass is 35.5. The number of piperidine rings is 1. The van der Waals surface area contributed by atoms with Crippen molar-refractivity contribution in [2.75, 3.05) is 13.1 Å². The van der Waals surface area contributed by atoms with Crippen LogP contribution in [0.3, 0.4) is 0 Å². The third-order valence-corrected chi connectivity index (χ3v) is 5.06. The van der Waals surface area contributed by atoms with Crippen molar-refractivity contribution in [3.05, 3.63) is 34.9 Å². The first-order valence-corrected chi connectivity index (χ1v) is 7.73. The van der Waals surface area contributed by atoms with Gasteiger partial charge in [0.05, 0.1) is 5.60 Å². The molecule has 3 nitrogen and oxygen atoms in total. The number of halogens is 1. The monoisotopic (exact) mass is 293 g/mol. The van der Waals surface area contributed by atoms with Gasteiger partial charge in [-0.25, -0.2) is 0 Å². The van der Waals surface area contributed by atoms with Crippen LogP contribution in [-0.4, -0.2) is 34.6 Å². The second-order valence-corrected chi connectivity index (χ2v) is 6.49. The van der Waals surface area contributed by atoms with Gasteiger partial charge in [-0.1, -0.05) is 24.4 Å². The highest BCUT2D eigenvalue weighted by Gasteiger charge is 2.43. The van der Waals surface area contributed by atoms with E-state index in [2.05, 4.69) is 0 Å². The topological polar surface area (TPSA) is 40.5 Å². The van der Waals surface area contributed by atoms with E-state index in [0.717, 1.165) is 25.7 Å². The normalized spacial score (nSPS) is 29.9. The third-order valence-electron chi connectivity index (χ3n) is 4.81. The molecule has 0 spiro atoms. The lowest BCUT2D eigenvalue weighted by Gasteiger charge is -2.47. The second-order valence-electron chi connectivity index (χ2n) is 6.05. The van der Waals surface area contributed by atoms with Gasteiger partial charge in [-0.3, -0.25) is 4.79 Å². The van der Waals surface area contributed by atoms with Crippen LogP contribution in [0.15, 0.2) is 24.3 Å². The van der Waals surface area contributed by atoms with Gasteiger partial charge in [0.2, 0.25) is 0 Å². The van der Waals surface area contributed by atoms with E-state index in [4.69, 9.17) is 11.6 Å². The average molecular weight is 294 g/mol. The average Bonchev–Trinajstić information content (AvgIpc) is 2.46. The van der Waals surface area contributed by atoms with Crippen LogP contribution >= 0.6 is 11.6 Å². The Labute approximate surface area is 124 Å². The van der Waals surface area contributed by atoms with E-state index in [-0.39, 0.29) is 11.8 Å². The summed E-state index contributed by atoms with van der Waals surface area (Å²) in [6.45, 7) is 1.33. The summed E-state index contributed by atoms with van der Waals surface area (Å²) >= 11 is 5.85. The number of aliphatic hydroxyl groups is 1. The Balaban J connectivity index is 1.72. The van der Waals surface area contributed by atoms with Gasteiger partial charge in [0.1, 0.15) is 0 Å². The molecule has 0 unspecified atom stereocenters. The molecule has 1 heterocycles. The third kappa shape index (κ3) is 2.57. The first-order chi connectivity index (χ1) is 9.58. The summed E-state index contributed by atoms with van der Waals surface area (Å²) in [5, 5.41) is 11.3. The molecule has 1 aromatic rings. The van der Waals surface area contributed by atoms with Gasteiger partial charge in [0.25, 0.3) is 5.91 Å². The number of rotatable bonds is 1. The molecule has 1 aliphatic carbocycles. The van der Waals surface area contributed by atoms with E-state index in [1.807, 2.05) is 4.90 Å². The van der Waals surface area contributed by atoms with E-state index in [0.29, 0.717) is 30.1 Å². The second kappa shape index (κ2) is 5.38. The quantitative estimate of drug-likeness (QED) is 0.864. The molecule has 1 aliphatic heterocycles. The number of likely N-dealkylation sites (tertiary alicyclic amines) is 1. The minimum atomic E-state index is -0.533. The smallest absolute Gasteiger partial charge is 0.253 e. The van der Waals surface area contributed by atoms with E-state index in [1.54, 1.807) is 24.3 Å². The molecule has 1 saturated carbocycles. The molecule has 1 aromatic carbocycles. The van der Waals surface area contributed by atoms with Crippen LogP contribution in [0.5, 0.6) is 0 Å². The number of benzene rings is 1. The molecule has 0 bridgehead atoms. The molecule has 2 aliphatic rings. The summed E-state index contributed by atoms with van der Waals surface area (Å²) in [6, 6.07) is 7.03. The van der Waals surface area contributed by atoms with Crippen LogP contribution in [0, 0.1) is 5.92 Å². The molecule has 4 heteroatoms. The number of carbonyl (C=O) groups excluding carboxylic acids is 1. The van der Waals surface area contributed by atoms with Crippen molar-refractivity contribution in [3.63, 3.8) is 0 Å². The van der Waals surface area contributed by atoms with Crippen molar-refractivity contribution in [2.24, 2.45) is 5.92 Å². The molecule has 108 valence electrons. The van der Waals surface area contributed by atoms with Crippen LogP contribution in [0.1, 0.15) is 42.5 Å². The van der Waals surface area contributed by atoms with Gasteiger partial charge in [0.15, 0.2) is 0 Å². The summed E-state index contributed by atoms with van der Waals surface area (Å²) in [7, 11) is 0. The van der Waals surface area contributed by atoms with Crippen molar-refractivity contribution in [2.45, 2.75) is 37.7 Å². The zero-order valence-electron chi connectivity index (χ0n) is 11.5. The predicted octanol–water partition coefficient (Wildman–Crippen LogP) is 3.11. The van der Waals surface area contributed by atoms with Crippen LogP contribution < -0.4 is 0 Å². The van der Waals surface area contributed by atoms with Gasteiger partial charge in [-0.05, 0) is 43.5 Å². The largest absolute Gasteiger partial charge is 0.389 e. The first kappa shape index (κ1) is 13.9. The zero-order chi connectivity index (χ0) is 14.2. The molecule has 2 fully saturated rings. The molecule has 1 saturated heterocycles. The standard InChI is InChI=1S/C16H20ClNO2/c17-14-6-4-12(5-7-14)15(19)18-10-9-16(20)8-2-1-3-13(16)11-18/h4-7,13,20H,1-3,8-11H2/t13-,16+/m0/s1. The van der Waals surface area contributed by atoms with Gasteiger partial charge in [0, 0.05) is 29.6 Å². The van der Waals surface area contributed by atoms with E-state index >= 15 is 0 Å². The Morgan fingerprint density at radius 1 is 1.25 bits per heavy atom. The van der Waals surface area contributed by atoms with Gasteiger partial charge in [-0.2, -0.15) is 0 Å². The Morgan fingerprint density at radius 3 is 2.75 bits per heavy atom. The summed E-state index contributed by atoms with van der Waals surface area (Å²) in [5.74, 6) is 0.288. The maximum Gasteiger partial charge on any atom is 0.253 e. The molecule has 1 amide bonds. The molecule has 2 atom stereocenters. The van der Waals surface area contributed by atoms with Crippen LogP contribution in [0.4, 0.5) is 0 Å². The Hall–Kier alpha value is -1.06. The van der Waals surface area contributed by atoms with E-state index in [1.165, 1.54) is 0 Å². The molecule has 20 heavy (non-hydrogen) atoms. The maximum absolute atomic E-state index is 12.5. The van der Waals surface area contributed by atoms with Gasteiger partial charge < -0.3 is 10.0 Å². The Kier molecular flexibility index (Phi) is 3.74.